The van der Waals surface area contributed by atoms with Crippen molar-refractivity contribution in [1.29, 1.82) is 0 Å². The SMILES string of the molecule is O=C(c1c(O)cc(Cl)cc1Cl)N1CCC2(CCCCC2)C1. The average Bonchev–Trinajstić information content (AvgIpc) is 2.82. The molecule has 1 aromatic rings. The molecule has 0 radical (unpaired) electrons. The van der Waals surface area contributed by atoms with Crippen LogP contribution in [0.3, 0.4) is 0 Å². The minimum absolute atomic E-state index is 0.137. The van der Waals surface area contributed by atoms with Crippen molar-refractivity contribution < 1.29 is 9.90 Å². The van der Waals surface area contributed by atoms with E-state index in [2.05, 4.69) is 0 Å². The van der Waals surface area contributed by atoms with Crippen LogP contribution in [0.1, 0.15) is 48.9 Å². The number of rotatable bonds is 1. The first-order valence-electron chi connectivity index (χ1n) is 7.48. The Morgan fingerprint density at radius 1 is 1.14 bits per heavy atom. The van der Waals surface area contributed by atoms with E-state index in [-0.39, 0.29) is 22.2 Å². The van der Waals surface area contributed by atoms with Gasteiger partial charge in [0, 0.05) is 18.1 Å². The summed E-state index contributed by atoms with van der Waals surface area (Å²) >= 11 is 11.9. The Morgan fingerprint density at radius 2 is 1.86 bits per heavy atom. The molecule has 114 valence electrons. The molecule has 21 heavy (non-hydrogen) atoms. The second-order valence-corrected chi connectivity index (χ2v) is 7.16. The Labute approximate surface area is 134 Å². The van der Waals surface area contributed by atoms with Crippen LogP contribution >= 0.6 is 23.2 Å². The van der Waals surface area contributed by atoms with Crippen LogP contribution in [-0.2, 0) is 0 Å². The van der Waals surface area contributed by atoms with Gasteiger partial charge in [0.15, 0.2) is 0 Å². The predicted octanol–water partition coefficient (Wildman–Crippen LogP) is 4.50. The summed E-state index contributed by atoms with van der Waals surface area (Å²) in [6.45, 7) is 1.53. The molecular weight excluding hydrogens is 309 g/mol. The van der Waals surface area contributed by atoms with E-state index in [1.807, 2.05) is 4.90 Å². The van der Waals surface area contributed by atoms with Gasteiger partial charge in [-0.15, -0.1) is 0 Å². The van der Waals surface area contributed by atoms with Gasteiger partial charge in [0.2, 0.25) is 0 Å². The van der Waals surface area contributed by atoms with Crippen molar-refractivity contribution in [3.8, 4) is 5.75 Å². The molecule has 1 N–H and O–H groups in total. The third kappa shape index (κ3) is 2.86. The first-order chi connectivity index (χ1) is 10.0. The van der Waals surface area contributed by atoms with E-state index in [0.717, 1.165) is 19.5 Å². The molecule has 2 fully saturated rings. The molecule has 1 saturated heterocycles. The third-order valence-corrected chi connectivity index (χ3v) is 5.40. The molecule has 0 unspecified atom stereocenters. The van der Waals surface area contributed by atoms with E-state index in [1.165, 1.54) is 44.2 Å². The molecule has 1 amide bonds. The van der Waals surface area contributed by atoms with Crippen molar-refractivity contribution in [2.75, 3.05) is 13.1 Å². The molecule has 1 spiro atoms. The number of hydrogen-bond donors (Lipinski definition) is 1. The van der Waals surface area contributed by atoms with Gasteiger partial charge in [-0.25, -0.2) is 0 Å². The summed E-state index contributed by atoms with van der Waals surface area (Å²) in [5.74, 6) is -0.321. The fourth-order valence-electron chi connectivity index (χ4n) is 3.75. The number of phenols is 1. The lowest BCUT2D eigenvalue weighted by Crippen LogP contribution is -2.33. The number of likely N-dealkylation sites (tertiary alicyclic amines) is 1. The summed E-state index contributed by atoms with van der Waals surface area (Å²) in [7, 11) is 0. The number of carbonyl (C=O) groups is 1. The molecule has 1 aliphatic carbocycles. The topological polar surface area (TPSA) is 40.5 Å². The number of nitrogens with zero attached hydrogens (tertiary/aromatic N) is 1. The highest BCUT2D eigenvalue weighted by Crippen LogP contribution is 2.44. The maximum absolute atomic E-state index is 12.7. The fourth-order valence-corrected chi connectivity index (χ4v) is 4.31. The monoisotopic (exact) mass is 327 g/mol. The van der Waals surface area contributed by atoms with Crippen LogP contribution in [0.25, 0.3) is 0 Å². The quantitative estimate of drug-likeness (QED) is 0.825. The Balaban J connectivity index is 1.81. The van der Waals surface area contributed by atoms with Crippen molar-refractivity contribution in [3.63, 3.8) is 0 Å². The minimum atomic E-state index is -0.184. The highest BCUT2D eigenvalue weighted by atomic mass is 35.5. The zero-order valence-electron chi connectivity index (χ0n) is 11.9. The van der Waals surface area contributed by atoms with Crippen LogP contribution in [0.15, 0.2) is 12.1 Å². The van der Waals surface area contributed by atoms with Crippen LogP contribution in [0.5, 0.6) is 5.75 Å². The molecule has 0 bridgehead atoms. The molecule has 0 aromatic heterocycles. The van der Waals surface area contributed by atoms with Crippen LogP contribution in [-0.4, -0.2) is 29.0 Å². The van der Waals surface area contributed by atoms with Crippen molar-refractivity contribution in [3.05, 3.63) is 27.7 Å². The zero-order valence-corrected chi connectivity index (χ0v) is 13.4. The molecule has 3 rings (SSSR count). The van der Waals surface area contributed by atoms with Crippen LogP contribution in [0, 0.1) is 5.41 Å². The number of carbonyl (C=O) groups excluding carboxylic acids is 1. The van der Waals surface area contributed by atoms with Gasteiger partial charge in [-0.2, -0.15) is 0 Å². The van der Waals surface area contributed by atoms with Gasteiger partial charge in [-0.1, -0.05) is 42.5 Å². The molecule has 1 aliphatic heterocycles. The number of aromatic hydroxyl groups is 1. The first kappa shape index (κ1) is 15.0. The summed E-state index contributed by atoms with van der Waals surface area (Å²) in [6.07, 6.45) is 7.29. The molecule has 1 heterocycles. The summed E-state index contributed by atoms with van der Waals surface area (Å²) < 4.78 is 0. The normalized spacial score (nSPS) is 21.0. The summed E-state index contributed by atoms with van der Waals surface area (Å²) in [5.41, 5.74) is 0.469. The van der Waals surface area contributed by atoms with Gasteiger partial charge in [-0.05, 0) is 36.8 Å². The number of benzene rings is 1. The maximum atomic E-state index is 12.7. The summed E-state index contributed by atoms with van der Waals surface area (Å²) in [6, 6.07) is 2.87. The standard InChI is InChI=1S/C16H19Cl2NO2/c17-11-8-12(18)14(13(20)9-11)15(21)19-7-6-16(10-19)4-2-1-3-5-16/h8-9,20H,1-7,10H2. The second kappa shape index (κ2) is 5.69. The molecule has 1 saturated carbocycles. The molecule has 1 aromatic carbocycles. The number of halogens is 2. The molecule has 2 aliphatic rings. The van der Waals surface area contributed by atoms with Crippen molar-refractivity contribution in [2.45, 2.75) is 38.5 Å². The van der Waals surface area contributed by atoms with Gasteiger partial charge < -0.3 is 10.0 Å². The van der Waals surface area contributed by atoms with Crippen molar-refractivity contribution in [2.24, 2.45) is 5.41 Å². The predicted molar refractivity (Wildman–Crippen MR) is 84.2 cm³/mol. The molecule has 5 heteroatoms. The van der Waals surface area contributed by atoms with E-state index in [9.17, 15) is 9.90 Å². The lowest BCUT2D eigenvalue weighted by molar-refractivity contribution is 0.0756. The van der Waals surface area contributed by atoms with Crippen LogP contribution in [0.2, 0.25) is 10.0 Å². The van der Waals surface area contributed by atoms with Gasteiger partial charge >= 0.3 is 0 Å². The molecular formula is C16H19Cl2NO2. The summed E-state index contributed by atoms with van der Waals surface area (Å²) in [4.78, 5) is 14.5. The van der Waals surface area contributed by atoms with Gasteiger partial charge in [0.1, 0.15) is 5.75 Å². The average molecular weight is 328 g/mol. The minimum Gasteiger partial charge on any atom is -0.507 e. The zero-order chi connectivity index (χ0) is 15.0. The maximum Gasteiger partial charge on any atom is 0.259 e. The molecule has 3 nitrogen and oxygen atoms in total. The smallest absolute Gasteiger partial charge is 0.259 e. The van der Waals surface area contributed by atoms with E-state index in [4.69, 9.17) is 23.2 Å². The Morgan fingerprint density at radius 3 is 2.52 bits per heavy atom. The second-order valence-electron chi connectivity index (χ2n) is 6.32. The molecule has 0 atom stereocenters. The van der Waals surface area contributed by atoms with E-state index < -0.39 is 0 Å². The van der Waals surface area contributed by atoms with E-state index in [1.54, 1.807) is 0 Å². The number of phenolic OH excluding ortho intramolecular Hbond substituents is 1. The lowest BCUT2D eigenvalue weighted by Gasteiger charge is -2.33. The highest BCUT2D eigenvalue weighted by Gasteiger charge is 2.41. The van der Waals surface area contributed by atoms with E-state index in [0.29, 0.717) is 10.4 Å². The number of amides is 1. The first-order valence-corrected chi connectivity index (χ1v) is 8.24. The largest absolute Gasteiger partial charge is 0.507 e. The Bertz CT molecular complexity index is 544. The van der Waals surface area contributed by atoms with Crippen LogP contribution in [0.4, 0.5) is 0 Å². The van der Waals surface area contributed by atoms with Crippen LogP contribution < -0.4 is 0 Å². The lowest BCUT2D eigenvalue weighted by atomic mass is 9.73. The fraction of sp³-hybridized carbons (Fsp3) is 0.562. The van der Waals surface area contributed by atoms with Gasteiger partial charge in [0.25, 0.3) is 5.91 Å². The van der Waals surface area contributed by atoms with Gasteiger partial charge in [0.05, 0.1) is 10.6 Å². The van der Waals surface area contributed by atoms with Crippen molar-refractivity contribution in [1.82, 2.24) is 4.90 Å². The van der Waals surface area contributed by atoms with Crippen molar-refractivity contribution >= 4 is 29.1 Å². The Kier molecular flexibility index (Phi) is 4.06. The van der Waals surface area contributed by atoms with E-state index >= 15 is 0 Å². The third-order valence-electron chi connectivity index (χ3n) is 4.89. The Hall–Kier alpha value is -0.930. The van der Waals surface area contributed by atoms with Gasteiger partial charge in [-0.3, -0.25) is 4.79 Å². The number of hydrogen-bond acceptors (Lipinski definition) is 2. The summed E-state index contributed by atoms with van der Waals surface area (Å²) in [5, 5.41) is 10.5. The highest BCUT2D eigenvalue weighted by molar-refractivity contribution is 6.37.